The van der Waals surface area contributed by atoms with Gasteiger partial charge in [-0.15, -0.1) is 0 Å². The second-order valence-corrected chi connectivity index (χ2v) is 4.37. The lowest BCUT2D eigenvalue weighted by atomic mass is 9.87. The van der Waals surface area contributed by atoms with Gasteiger partial charge < -0.3 is 9.84 Å². The van der Waals surface area contributed by atoms with Crippen molar-refractivity contribution >= 4 is 5.97 Å². The molecule has 1 aliphatic rings. The molecule has 0 saturated heterocycles. The lowest BCUT2D eigenvalue weighted by Gasteiger charge is -2.27. The van der Waals surface area contributed by atoms with Crippen LogP contribution in [0.5, 0.6) is 5.75 Å². The maximum atomic E-state index is 13.4. The average molecular weight is 238 g/mol. The van der Waals surface area contributed by atoms with E-state index >= 15 is 0 Å². The Labute approximate surface area is 99.2 Å². The molecule has 17 heavy (non-hydrogen) atoms. The van der Waals surface area contributed by atoms with Gasteiger partial charge in [0.2, 0.25) is 0 Å². The Kier molecular flexibility index (Phi) is 3.61. The maximum Gasteiger partial charge on any atom is 0.306 e. The molecule has 2 unspecified atom stereocenters. The van der Waals surface area contributed by atoms with Crippen LogP contribution in [-0.4, -0.2) is 17.2 Å². The van der Waals surface area contributed by atoms with E-state index in [0.717, 1.165) is 12.8 Å². The van der Waals surface area contributed by atoms with Gasteiger partial charge >= 0.3 is 5.97 Å². The first-order chi connectivity index (χ1) is 8.16. The van der Waals surface area contributed by atoms with Gasteiger partial charge in [-0.2, -0.15) is 0 Å². The molecule has 0 amide bonds. The zero-order chi connectivity index (χ0) is 12.3. The molecule has 2 atom stereocenters. The number of ether oxygens (including phenoxy) is 1. The van der Waals surface area contributed by atoms with E-state index in [2.05, 4.69) is 0 Å². The van der Waals surface area contributed by atoms with Gasteiger partial charge in [-0.1, -0.05) is 12.1 Å². The fraction of sp³-hybridized carbons (Fsp3) is 0.462. The molecule has 0 aliphatic heterocycles. The lowest BCUT2D eigenvalue weighted by molar-refractivity contribution is -0.143. The summed E-state index contributed by atoms with van der Waals surface area (Å²) < 4.78 is 18.9. The zero-order valence-corrected chi connectivity index (χ0v) is 9.43. The molecule has 1 saturated carbocycles. The molecule has 1 fully saturated rings. The molecule has 1 N–H and O–H groups in total. The van der Waals surface area contributed by atoms with Gasteiger partial charge in [0.15, 0.2) is 11.6 Å². The van der Waals surface area contributed by atoms with Crippen LogP contribution in [0.1, 0.15) is 25.7 Å². The molecule has 3 nitrogen and oxygen atoms in total. The number of hydrogen-bond donors (Lipinski definition) is 1. The van der Waals surface area contributed by atoms with Crippen molar-refractivity contribution in [3.8, 4) is 5.75 Å². The number of carboxylic acids is 1. The van der Waals surface area contributed by atoms with E-state index in [1.165, 1.54) is 6.07 Å². The molecular formula is C13H15FO3. The molecule has 1 aromatic rings. The summed E-state index contributed by atoms with van der Waals surface area (Å²) >= 11 is 0. The minimum atomic E-state index is -0.785. The lowest BCUT2D eigenvalue weighted by Crippen LogP contribution is -2.29. The van der Waals surface area contributed by atoms with Crippen molar-refractivity contribution in [2.24, 2.45) is 5.92 Å². The van der Waals surface area contributed by atoms with Crippen LogP contribution in [0.3, 0.4) is 0 Å². The highest BCUT2D eigenvalue weighted by molar-refractivity contribution is 5.70. The van der Waals surface area contributed by atoms with Gasteiger partial charge in [-0.25, -0.2) is 4.39 Å². The Balaban J connectivity index is 1.99. The van der Waals surface area contributed by atoms with Gasteiger partial charge in [0.1, 0.15) is 0 Å². The van der Waals surface area contributed by atoms with Gasteiger partial charge in [-0.3, -0.25) is 4.79 Å². The largest absolute Gasteiger partial charge is 0.487 e. The van der Waals surface area contributed by atoms with Crippen LogP contribution in [0.15, 0.2) is 24.3 Å². The van der Waals surface area contributed by atoms with Crippen molar-refractivity contribution in [2.75, 3.05) is 0 Å². The van der Waals surface area contributed by atoms with Crippen LogP contribution in [0, 0.1) is 11.7 Å². The fourth-order valence-electron chi connectivity index (χ4n) is 2.20. The van der Waals surface area contributed by atoms with E-state index in [1.807, 2.05) is 0 Å². The highest BCUT2D eigenvalue weighted by atomic mass is 19.1. The number of aliphatic carboxylic acids is 1. The zero-order valence-electron chi connectivity index (χ0n) is 9.43. The summed E-state index contributed by atoms with van der Waals surface area (Å²) in [5, 5.41) is 8.95. The van der Waals surface area contributed by atoms with Gasteiger partial charge in [0.05, 0.1) is 12.0 Å². The van der Waals surface area contributed by atoms with Crippen molar-refractivity contribution in [3.63, 3.8) is 0 Å². The number of carboxylic acid groups (broad SMARTS) is 1. The van der Waals surface area contributed by atoms with E-state index < -0.39 is 11.8 Å². The molecular weight excluding hydrogens is 223 g/mol. The molecule has 0 radical (unpaired) electrons. The number of halogens is 1. The maximum absolute atomic E-state index is 13.4. The number of carbonyl (C=O) groups is 1. The number of benzene rings is 1. The summed E-state index contributed by atoms with van der Waals surface area (Å²) in [5.41, 5.74) is 0. The summed E-state index contributed by atoms with van der Waals surface area (Å²) in [7, 11) is 0. The third kappa shape index (κ3) is 2.96. The second kappa shape index (κ2) is 5.17. The van der Waals surface area contributed by atoms with Crippen LogP contribution in [0.2, 0.25) is 0 Å². The highest BCUT2D eigenvalue weighted by Gasteiger charge is 2.28. The van der Waals surface area contributed by atoms with Crippen molar-refractivity contribution in [2.45, 2.75) is 31.8 Å². The SMILES string of the molecule is O=C(O)C1CCCC(Oc2ccccc2F)C1. The summed E-state index contributed by atoms with van der Waals surface area (Å²) in [5.74, 6) is -1.33. The minimum absolute atomic E-state index is 0.193. The number of rotatable bonds is 3. The quantitative estimate of drug-likeness (QED) is 0.880. The topological polar surface area (TPSA) is 46.5 Å². The molecule has 1 aliphatic carbocycles. The number of para-hydroxylation sites is 1. The highest BCUT2D eigenvalue weighted by Crippen LogP contribution is 2.28. The van der Waals surface area contributed by atoms with E-state index in [1.54, 1.807) is 18.2 Å². The van der Waals surface area contributed by atoms with Crippen molar-refractivity contribution in [1.82, 2.24) is 0 Å². The van der Waals surface area contributed by atoms with Crippen molar-refractivity contribution < 1.29 is 19.0 Å². The van der Waals surface area contributed by atoms with Crippen LogP contribution in [-0.2, 0) is 4.79 Å². The van der Waals surface area contributed by atoms with Gasteiger partial charge in [0, 0.05) is 0 Å². The van der Waals surface area contributed by atoms with Crippen LogP contribution >= 0.6 is 0 Å². The minimum Gasteiger partial charge on any atom is -0.487 e. The molecule has 0 aromatic heterocycles. The first-order valence-electron chi connectivity index (χ1n) is 5.81. The fourth-order valence-corrected chi connectivity index (χ4v) is 2.20. The van der Waals surface area contributed by atoms with Crippen LogP contribution in [0.25, 0.3) is 0 Å². The molecule has 1 aromatic carbocycles. The Hall–Kier alpha value is -1.58. The Bertz CT molecular complexity index is 405. The third-order valence-corrected chi connectivity index (χ3v) is 3.11. The molecule has 4 heteroatoms. The van der Waals surface area contributed by atoms with Crippen molar-refractivity contribution in [3.05, 3.63) is 30.1 Å². The summed E-state index contributed by atoms with van der Waals surface area (Å²) in [6.07, 6.45) is 2.56. The Morgan fingerprint density at radius 2 is 2.12 bits per heavy atom. The summed E-state index contributed by atoms with van der Waals surface area (Å²) in [6, 6.07) is 6.21. The molecule has 2 rings (SSSR count). The predicted molar refractivity (Wildman–Crippen MR) is 60.4 cm³/mol. The standard InChI is InChI=1S/C13H15FO3/c14-11-6-1-2-7-12(11)17-10-5-3-4-9(8-10)13(15)16/h1-2,6-7,9-10H,3-5,8H2,(H,15,16). The second-order valence-electron chi connectivity index (χ2n) is 4.37. The van der Waals surface area contributed by atoms with Gasteiger partial charge in [-0.05, 0) is 37.8 Å². The monoisotopic (exact) mass is 238 g/mol. The smallest absolute Gasteiger partial charge is 0.306 e. The normalized spacial score (nSPS) is 24.3. The van der Waals surface area contributed by atoms with E-state index in [9.17, 15) is 9.18 Å². The first-order valence-corrected chi connectivity index (χ1v) is 5.81. The Morgan fingerprint density at radius 1 is 1.35 bits per heavy atom. The molecule has 0 heterocycles. The van der Waals surface area contributed by atoms with Crippen molar-refractivity contribution in [1.29, 1.82) is 0 Å². The first kappa shape index (κ1) is 11.9. The third-order valence-electron chi connectivity index (χ3n) is 3.11. The van der Waals surface area contributed by atoms with Crippen LogP contribution < -0.4 is 4.74 Å². The van der Waals surface area contributed by atoms with E-state index in [-0.39, 0.29) is 17.8 Å². The van der Waals surface area contributed by atoms with E-state index in [0.29, 0.717) is 12.8 Å². The molecule has 92 valence electrons. The van der Waals surface area contributed by atoms with E-state index in [4.69, 9.17) is 9.84 Å². The number of hydrogen-bond acceptors (Lipinski definition) is 2. The molecule has 0 bridgehead atoms. The Morgan fingerprint density at radius 3 is 2.82 bits per heavy atom. The van der Waals surface area contributed by atoms with Gasteiger partial charge in [0.25, 0.3) is 0 Å². The average Bonchev–Trinajstić information content (AvgIpc) is 2.32. The molecule has 0 spiro atoms. The van der Waals surface area contributed by atoms with Crippen LogP contribution in [0.4, 0.5) is 4.39 Å². The summed E-state index contributed by atoms with van der Waals surface area (Å²) in [6.45, 7) is 0. The predicted octanol–water partition coefficient (Wildman–Crippen LogP) is 2.85. The summed E-state index contributed by atoms with van der Waals surface area (Å²) in [4.78, 5) is 10.9.